The van der Waals surface area contributed by atoms with Crippen LogP contribution in [0.4, 0.5) is 5.00 Å². The Morgan fingerprint density at radius 3 is 2.89 bits per heavy atom. The van der Waals surface area contributed by atoms with Crippen molar-refractivity contribution < 1.29 is 13.2 Å². The molecular formula is C18H23N5O3S2. The maximum absolute atomic E-state index is 12.3. The fourth-order valence-corrected chi connectivity index (χ4v) is 5.93. The first-order valence-corrected chi connectivity index (χ1v) is 11.6. The summed E-state index contributed by atoms with van der Waals surface area (Å²) in [6.07, 6.45) is 0.587. The Labute approximate surface area is 168 Å². The summed E-state index contributed by atoms with van der Waals surface area (Å²) >= 11 is 1.32. The lowest BCUT2D eigenvalue weighted by Crippen LogP contribution is -2.30. The summed E-state index contributed by atoms with van der Waals surface area (Å²) in [6, 6.07) is 3.61. The topological polar surface area (TPSA) is 108 Å². The van der Waals surface area contributed by atoms with Crippen LogP contribution in [0.3, 0.4) is 0 Å². The second-order valence-electron chi connectivity index (χ2n) is 7.15. The minimum atomic E-state index is -2.98. The molecule has 0 spiro atoms. The minimum absolute atomic E-state index is 0.116. The molecule has 28 heavy (non-hydrogen) atoms. The van der Waals surface area contributed by atoms with Crippen LogP contribution >= 0.6 is 11.3 Å². The molecule has 10 heteroatoms. The van der Waals surface area contributed by atoms with E-state index in [2.05, 4.69) is 16.5 Å². The van der Waals surface area contributed by atoms with Crippen LogP contribution in [0.2, 0.25) is 0 Å². The highest BCUT2D eigenvalue weighted by Gasteiger charge is 2.31. The maximum atomic E-state index is 12.3. The zero-order valence-electron chi connectivity index (χ0n) is 16.1. The van der Waals surface area contributed by atoms with Gasteiger partial charge in [0, 0.05) is 17.8 Å². The fraction of sp³-hybridized carbons (Fsp3) is 0.500. The van der Waals surface area contributed by atoms with E-state index in [0.29, 0.717) is 23.5 Å². The van der Waals surface area contributed by atoms with Crippen LogP contribution in [0.5, 0.6) is 0 Å². The predicted molar refractivity (Wildman–Crippen MR) is 108 cm³/mol. The molecule has 1 fully saturated rings. The predicted octanol–water partition coefficient (Wildman–Crippen LogP) is 1.86. The van der Waals surface area contributed by atoms with Crippen molar-refractivity contribution in [1.29, 1.82) is 5.26 Å². The van der Waals surface area contributed by atoms with Gasteiger partial charge in [-0.1, -0.05) is 0 Å². The number of aryl methyl sites for hydroxylation is 1. The number of aromatic nitrogens is 2. The summed E-state index contributed by atoms with van der Waals surface area (Å²) in [7, 11) is -1.14. The van der Waals surface area contributed by atoms with Crippen LogP contribution in [0, 0.1) is 25.2 Å². The van der Waals surface area contributed by atoms with Crippen molar-refractivity contribution in [2.24, 2.45) is 0 Å². The molecule has 1 atom stereocenters. The molecule has 2 aromatic heterocycles. The maximum Gasteiger partial charge on any atom is 0.239 e. The third-order valence-corrected chi connectivity index (χ3v) is 7.49. The average molecular weight is 422 g/mol. The van der Waals surface area contributed by atoms with Crippen LogP contribution in [0.25, 0.3) is 0 Å². The smallest absolute Gasteiger partial charge is 0.239 e. The van der Waals surface area contributed by atoms with E-state index in [1.807, 2.05) is 30.5 Å². The molecule has 3 rings (SSSR count). The van der Waals surface area contributed by atoms with E-state index in [1.165, 1.54) is 11.3 Å². The lowest BCUT2D eigenvalue weighted by atomic mass is 10.1. The quantitative estimate of drug-likeness (QED) is 0.763. The van der Waals surface area contributed by atoms with Crippen LogP contribution in [0.1, 0.15) is 35.0 Å². The fourth-order valence-electron chi connectivity index (χ4n) is 3.48. The van der Waals surface area contributed by atoms with Gasteiger partial charge in [-0.05, 0) is 38.8 Å². The molecule has 150 valence electrons. The van der Waals surface area contributed by atoms with Gasteiger partial charge in [-0.3, -0.25) is 14.4 Å². The Bertz CT molecular complexity index is 1030. The highest BCUT2D eigenvalue weighted by molar-refractivity contribution is 7.91. The first-order valence-electron chi connectivity index (χ1n) is 8.91. The van der Waals surface area contributed by atoms with Gasteiger partial charge in [-0.25, -0.2) is 8.42 Å². The number of sulfone groups is 1. The summed E-state index contributed by atoms with van der Waals surface area (Å²) in [5.74, 6) is 0.152. The zero-order valence-corrected chi connectivity index (χ0v) is 17.7. The number of nitriles is 1. The van der Waals surface area contributed by atoms with Gasteiger partial charge in [0.1, 0.15) is 11.1 Å². The third-order valence-electron chi connectivity index (χ3n) is 4.91. The molecule has 0 unspecified atom stereocenters. The first kappa shape index (κ1) is 20.5. The molecule has 1 aliphatic rings. The number of hydrogen-bond acceptors (Lipinski definition) is 7. The minimum Gasteiger partial charge on any atom is -0.315 e. The van der Waals surface area contributed by atoms with E-state index in [9.17, 15) is 13.2 Å². The van der Waals surface area contributed by atoms with Gasteiger partial charge in [-0.2, -0.15) is 10.4 Å². The Kier molecular flexibility index (Phi) is 5.88. The molecule has 8 nitrogen and oxygen atoms in total. The molecule has 1 N–H and O–H groups in total. The number of carbonyl (C=O) groups excluding carboxylic acids is 1. The van der Waals surface area contributed by atoms with Crippen LogP contribution < -0.4 is 5.32 Å². The Morgan fingerprint density at radius 2 is 2.25 bits per heavy atom. The van der Waals surface area contributed by atoms with Crippen molar-refractivity contribution in [3.05, 3.63) is 34.0 Å². The number of hydrogen-bond donors (Lipinski definition) is 1. The van der Waals surface area contributed by atoms with E-state index in [1.54, 1.807) is 11.4 Å². The van der Waals surface area contributed by atoms with E-state index in [4.69, 9.17) is 5.26 Å². The van der Waals surface area contributed by atoms with E-state index >= 15 is 0 Å². The normalized spacial score (nSPS) is 18.3. The highest BCUT2D eigenvalue weighted by atomic mass is 32.2. The number of likely N-dealkylation sites (N-methyl/N-ethyl adjacent to an activating group) is 1. The van der Waals surface area contributed by atoms with Gasteiger partial charge in [0.15, 0.2) is 9.84 Å². The molecule has 0 aromatic carbocycles. The SMILES string of the molecule is Cc1nn([C@H]2CCS(=O)(=O)C2)c(C)c1CN(C)CC(=O)Nc1sccc1C#N. The Morgan fingerprint density at radius 1 is 1.50 bits per heavy atom. The summed E-state index contributed by atoms with van der Waals surface area (Å²) in [5, 5.41) is 18.7. The van der Waals surface area contributed by atoms with Gasteiger partial charge in [0.05, 0.1) is 35.3 Å². The molecule has 0 bridgehead atoms. The number of thiophene rings is 1. The summed E-state index contributed by atoms with van der Waals surface area (Å²) in [4.78, 5) is 14.2. The largest absolute Gasteiger partial charge is 0.315 e. The average Bonchev–Trinajstić information content (AvgIpc) is 3.28. The van der Waals surface area contributed by atoms with Crippen LogP contribution in [0.15, 0.2) is 11.4 Å². The summed E-state index contributed by atoms with van der Waals surface area (Å²) in [6.45, 7) is 4.55. The van der Waals surface area contributed by atoms with E-state index in [0.717, 1.165) is 17.0 Å². The molecule has 1 aliphatic heterocycles. The molecule has 1 saturated heterocycles. The van der Waals surface area contributed by atoms with Crippen molar-refractivity contribution in [2.75, 3.05) is 30.4 Å². The summed E-state index contributed by atoms with van der Waals surface area (Å²) < 4.78 is 25.4. The second-order valence-corrected chi connectivity index (χ2v) is 10.3. The van der Waals surface area contributed by atoms with Crippen molar-refractivity contribution in [1.82, 2.24) is 14.7 Å². The van der Waals surface area contributed by atoms with Gasteiger partial charge >= 0.3 is 0 Å². The van der Waals surface area contributed by atoms with Gasteiger partial charge in [0.25, 0.3) is 0 Å². The number of nitrogens with zero attached hydrogens (tertiary/aromatic N) is 4. The third kappa shape index (κ3) is 4.43. The van der Waals surface area contributed by atoms with Gasteiger partial charge < -0.3 is 5.32 Å². The van der Waals surface area contributed by atoms with Crippen molar-refractivity contribution >= 4 is 32.1 Å². The van der Waals surface area contributed by atoms with Crippen molar-refractivity contribution in [2.45, 2.75) is 32.9 Å². The van der Waals surface area contributed by atoms with Gasteiger partial charge in [-0.15, -0.1) is 11.3 Å². The molecular weight excluding hydrogens is 398 g/mol. The van der Waals surface area contributed by atoms with Crippen molar-refractivity contribution in [3.63, 3.8) is 0 Å². The first-order chi connectivity index (χ1) is 13.2. The highest BCUT2D eigenvalue weighted by Crippen LogP contribution is 2.27. The standard InChI is InChI=1S/C18H23N5O3S2/c1-12-16(13(2)23(21-12)15-5-7-28(25,26)11-15)9-22(3)10-17(24)20-18-14(8-19)4-6-27-18/h4,6,15H,5,7,9-11H2,1-3H3,(H,20,24)/t15-/m0/s1. The summed E-state index contributed by atoms with van der Waals surface area (Å²) in [5.41, 5.74) is 3.25. The lowest BCUT2D eigenvalue weighted by molar-refractivity contribution is -0.117. The second kappa shape index (κ2) is 8.03. The number of rotatable bonds is 6. The lowest BCUT2D eigenvalue weighted by Gasteiger charge is -2.17. The van der Waals surface area contributed by atoms with E-state index < -0.39 is 9.84 Å². The molecule has 2 aromatic rings. The molecule has 0 aliphatic carbocycles. The number of carbonyl (C=O) groups is 1. The number of nitrogens with one attached hydrogen (secondary N) is 1. The Hall–Kier alpha value is -2.22. The number of anilines is 1. The molecule has 0 saturated carbocycles. The van der Waals surface area contributed by atoms with Crippen molar-refractivity contribution in [3.8, 4) is 6.07 Å². The van der Waals surface area contributed by atoms with Crippen LogP contribution in [-0.2, 0) is 21.2 Å². The monoisotopic (exact) mass is 421 g/mol. The van der Waals surface area contributed by atoms with Crippen LogP contribution in [-0.4, -0.2) is 54.1 Å². The van der Waals surface area contributed by atoms with Gasteiger partial charge in [0.2, 0.25) is 5.91 Å². The Balaban J connectivity index is 1.65. The molecule has 1 amide bonds. The van der Waals surface area contributed by atoms with E-state index in [-0.39, 0.29) is 30.0 Å². The molecule has 3 heterocycles. The molecule has 0 radical (unpaired) electrons. The number of amides is 1. The zero-order chi connectivity index (χ0) is 20.5.